The smallest absolute Gasteiger partial charge is 0.306 e. The predicted molar refractivity (Wildman–Crippen MR) is 199 cm³/mol. The Labute approximate surface area is 285 Å². The molecule has 0 spiro atoms. The average Bonchev–Trinajstić information content (AvgIpc) is 3.04. The van der Waals surface area contributed by atoms with Crippen molar-refractivity contribution in [2.45, 2.75) is 206 Å². The minimum absolute atomic E-state index is 0.0322. The quantitative estimate of drug-likeness (QED) is 0.0424. The summed E-state index contributed by atoms with van der Waals surface area (Å²) in [5.41, 5.74) is 0. The number of carboxylic acid groups (broad SMARTS) is 1. The number of allylic oxidation sites excluding steroid dienone is 8. The lowest BCUT2D eigenvalue weighted by Crippen LogP contribution is -2.18. The van der Waals surface area contributed by atoms with E-state index < -0.39 is 5.97 Å². The van der Waals surface area contributed by atoms with E-state index in [2.05, 4.69) is 62.5 Å². The average molecular weight is 643 g/mol. The molecule has 0 amide bonds. The topological polar surface area (TPSA) is 63.6 Å². The van der Waals surface area contributed by atoms with E-state index in [0.717, 1.165) is 83.5 Å². The van der Waals surface area contributed by atoms with Crippen LogP contribution < -0.4 is 0 Å². The zero-order valence-electron chi connectivity index (χ0n) is 30.4. The van der Waals surface area contributed by atoms with Crippen LogP contribution in [0.15, 0.2) is 48.6 Å². The highest BCUT2D eigenvalue weighted by Crippen LogP contribution is 2.18. The molecule has 266 valence electrons. The van der Waals surface area contributed by atoms with Crippen LogP contribution in [0, 0.1) is 0 Å². The van der Waals surface area contributed by atoms with E-state index in [1.807, 2.05) is 0 Å². The summed E-state index contributed by atoms with van der Waals surface area (Å²) in [7, 11) is 0. The van der Waals surface area contributed by atoms with Gasteiger partial charge in [0.05, 0.1) is 0 Å². The van der Waals surface area contributed by atoms with Gasteiger partial charge in [-0.2, -0.15) is 0 Å². The first-order chi connectivity index (χ1) is 22.6. The second-order valence-electron chi connectivity index (χ2n) is 13.1. The van der Waals surface area contributed by atoms with Crippen LogP contribution in [0.25, 0.3) is 0 Å². The molecule has 0 rings (SSSR count). The summed E-state index contributed by atoms with van der Waals surface area (Å²) in [6.45, 7) is 4.51. The number of hydrogen-bond donors (Lipinski definition) is 1. The van der Waals surface area contributed by atoms with Crippen molar-refractivity contribution in [1.82, 2.24) is 0 Å². The van der Waals surface area contributed by atoms with Gasteiger partial charge in [-0.05, 0) is 77.0 Å². The molecule has 0 heterocycles. The monoisotopic (exact) mass is 643 g/mol. The third-order valence-corrected chi connectivity index (χ3v) is 8.55. The fourth-order valence-electron chi connectivity index (χ4n) is 5.65. The molecule has 0 bridgehead atoms. The highest BCUT2D eigenvalue weighted by Gasteiger charge is 2.14. The van der Waals surface area contributed by atoms with Crippen LogP contribution in [0.3, 0.4) is 0 Å². The van der Waals surface area contributed by atoms with Gasteiger partial charge in [-0.1, -0.05) is 159 Å². The number of carbonyl (C=O) groups excluding carboxylic acids is 1. The predicted octanol–water partition coefficient (Wildman–Crippen LogP) is 13.6. The number of ether oxygens (including phenoxy) is 1. The summed E-state index contributed by atoms with van der Waals surface area (Å²) < 4.78 is 5.99. The normalized spacial score (nSPS) is 12.7. The van der Waals surface area contributed by atoms with Crippen molar-refractivity contribution in [3.8, 4) is 0 Å². The maximum atomic E-state index is 12.6. The summed E-state index contributed by atoms with van der Waals surface area (Å²) >= 11 is 0. The van der Waals surface area contributed by atoms with Crippen molar-refractivity contribution < 1.29 is 19.4 Å². The summed E-state index contributed by atoms with van der Waals surface area (Å²) in [6, 6.07) is 0. The Morgan fingerprint density at radius 3 is 1.35 bits per heavy atom. The number of carbonyl (C=O) groups is 2. The van der Waals surface area contributed by atoms with Crippen molar-refractivity contribution in [2.24, 2.45) is 0 Å². The van der Waals surface area contributed by atoms with Crippen LogP contribution >= 0.6 is 0 Å². The third kappa shape index (κ3) is 36.4. The lowest BCUT2D eigenvalue weighted by molar-refractivity contribution is -0.150. The van der Waals surface area contributed by atoms with Crippen molar-refractivity contribution in [3.63, 3.8) is 0 Å². The van der Waals surface area contributed by atoms with Gasteiger partial charge in [-0.3, -0.25) is 9.59 Å². The Morgan fingerprint density at radius 2 is 0.870 bits per heavy atom. The largest absolute Gasteiger partial charge is 0.481 e. The van der Waals surface area contributed by atoms with Crippen LogP contribution in [0.4, 0.5) is 0 Å². The number of esters is 1. The molecule has 0 radical (unpaired) electrons. The highest BCUT2D eigenvalue weighted by atomic mass is 16.5. The molecular weight excluding hydrogens is 568 g/mol. The molecule has 46 heavy (non-hydrogen) atoms. The van der Waals surface area contributed by atoms with E-state index in [0.29, 0.717) is 6.42 Å². The maximum absolute atomic E-state index is 12.6. The molecule has 1 unspecified atom stereocenters. The minimum Gasteiger partial charge on any atom is -0.481 e. The number of rotatable bonds is 35. The lowest BCUT2D eigenvalue weighted by Gasteiger charge is -2.18. The van der Waals surface area contributed by atoms with Crippen molar-refractivity contribution in [2.75, 3.05) is 0 Å². The van der Waals surface area contributed by atoms with E-state index >= 15 is 0 Å². The van der Waals surface area contributed by atoms with E-state index in [-0.39, 0.29) is 18.5 Å². The Bertz CT molecular complexity index is 779. The van der Waals surface area contributed by atoms with Crippen molar-refractivity contribution >= 4 is 11.9 Å². The van der Waals surface area contributed by atoms with Crippen molar-refractivity contribution in [3.05, 3.63) is 48.6 Å². The van der Waals surface area contributed by atoms with Gasteiger partial charge in [0.1, 0.15) is 6.10 Å². The Morgan fingerprint density at radius 1 is 0.478 bits per heavy atom. The van der Waals surface area contributed by atoms with Crippen LogP contribution in [-0.4, -0.2) is 23.1 Å². The third-order valence-electron chi connectivity index (χ3n) is 8.55. The molecule has 4 heteroatoms. The molecular formula is C42H74O4. The molecule has 0 saturated heterocycles. The second-order valence-corrected chi connectivity index (χ2v) is 13.1. The fraction of sp³-hybridized carbons (Fsp3) is 0.762. The Hall–Kier alpha value is -2.10. The lowest BCUT2D eigenvalue weighted by atomic mass is 10.0. The second kappa shape index (κ2) is 37.4. The molecule has 1 N–H and O–H groups in total. The number of hydrogen-bond acceptors (Lipinski definition) is 3. The fourth-order valence-corrected chi connectivity index (χ4v) is 5.65. The first-order valence-electron chi connectivity index (χ1n) is 19.6. The summed E-state index contributed by atoms with van der Waals surface area (Å²) in [6.07, 6.45) is 49.8. The summed E-state index contributed by atoms with van der Waals surface area (Å²) in [5, 5.41) is 8.76. The van der Waals surface area contributed by atoms with Gasteiger partial charge in [0.15, 0.2) is 0 Å². The molecule has 0 aromatic heterocycles. The first-order valence-corrected chi connectivity index (χ1v) is 19.6. The van der Waals surface area contributed by atoms with Crippen LogP contribution in [0.2, 0.25) is 0 Å². The molecule has 0 fully saturated rings. The molecule has 0 aliphatic rings. The Balaban J connectivity index is 4.16. The van der Waals surface area contributed by atoms with Gasteiger partial charge in [-0.15, -0.1) is 0 Å². The van der Waals surface area contributed by atoms with E-state index in [1.165, 1.54) is 89.9 Å². The molecule has 1 atom stereocenters. The van der Waals surface area contributed by atoms with Gasteiger partial charge in [0, 0.05) is 12.8 Å². The van der Waals surface area contributed by atoms with Crippen LogP contribution in [-0.2, 0) is 14.3 Å². The summed E-state index contributed by atoms with van der Waals surface area (Å²) in [4.78, 5) is 23.3. The highest BCUT2D eigenvalue weighted by molar-refractivity contribution is 5.69. The van der Waals surface area contributed by atoms with E-state index in [9.17, 15) is 9.59 Å². The molecule has 0 aliphatic carbocycles. The molecule has 0 aliphatic heterocycles. The van der Waals surface area contributed by atoms with E-state index in [1.54, 1.807) is 0 Å². The number of unbranched alkanes of at least 4 members (excludes halogenated alkanes) is 18. The zero-order valence-corrected chi connectivity index (χ0v) is 30.4. The van der Waals surface area contributed by atoms with E-state index in [4.69, 9.17) is 9.84 Å². The van der Waals surface area contributed by atoms with Crippen molar-refractivity contribution in [1.29, 1.82) is 0 Å². The molecule has 0 aromatic carbocycles. The SMILES string of the molecule is CCCCC/C=C\C/C=C\C/C=C\C/C=C\CCCC(=O)OC(CCCCCCCCCCC)CCCCCCCCCC(=O)O. The minimum atomic E-state index is -0.692. The molecule has 4 nitrogen and oxygen atoms in total. The maximum Gasteiger partial charge on any atom is 0.306 e. The number of carboxylic acids is 1. The standard InChI is InChI=1S/C42H74O4/c1-3-5-7-9-11-13-14-15-16-17-18-19-20-22-27-31-35-39-42(45)46-40(36-32-28-24-21-12-10-8-6-4-2)37-33-29-25-23-26-30-34-38-41(43)44/h11,13,15-16,18-19,22,27,40H,3-10,12,14,17,20-21,23-26,28-39H2,1-2H3,(H,43,44)/b13-11-,16-15-,19-18-,27-22-. The molecule has 0 aromatic rings. The van der Waals surface area contributed by atoms with Gasteiger partial charge in [0.2, 0.25) is 0 Å². The Kier molecular flexibility index (Phi) is 35.7. The van der Waals surface area contributed by atoms with Gasteiger partial charge in [0.25, 0.3) is 0 Å². The number of aliphatic carboxylic acids is 1. The molecule has 0 saturated carbocycles. The van der Waals surface area contributed by atoms with Gasteiger partial charge < -0.3 is 9.84 Å². The van der Waals surface area contributed by atoms with Gasteiger partial charge >= 0.3 is 11.9 Å². The zero-order chi connectivity index (χ0) is 33.6. The van der Waals surface area contributed by atoms with Gasteiger partial charge in [-0.25, -0.2) is 0 Å². The van der Waals surface area contributed by atoms with Crippen LogP contribution in [0.1, 0.15) is 200 Å². The first kappa shape index (κ1) is 43.9. The van der Waals surface area contributed by atoms with Crippen LogP contribution in [0.5, 0.6) is 0 Å². The summed E-state index contributed by atoms with van der Waals surface area (Å²) in [5.74, 6) is -0.724.